The zero-order chi connectivity index (χ0) is 12.2. The maximum Gasteiger partial charge on any atom is 0.258 e. The minimum atomic E-state index is -0.472. The van der Waals surface area contributed by atoms with E-state index in [2.05, 4.69) is 10.2 Å². The van der Waals surface area contributed by atoms with Crippen LogP contribution in [-0.4, -0.2) is 36.2 Å². The fourth-order valence-electron chi connectivity index (χ4n) is 2.87. The van der Waals surface area contributed by atoms with Gasteiger partial charge in [-0.1, -0.05) is 12.1 Å². The smallest absolute Gasteiger partial charge is 0.258 e. The lowest BCUT2D eigenvalue weighted by Crippen LogP contribution is -2.74. The summed E-state index contributed by atoms with van der Waals surface area (Å²) in [5, 5.41) is 3.01. The molecule has 0 unspecified atom stereocenters. The topological polar surface area (TPSA) is 41.6 Å². The Morgan fingerprint density at radius 3 is 2.89 bits per heavy atom. The van der Waals surface area contributed by atoms with Gasteiger partial charge in [-0.05, 0) is 30.9 Å². The molecule has 4 nitrogen and oxygen atoms in total. The van der Waals surface area contributed by atoms with Crippen LogP contribution in [-0.2, 0) is 0 Å². The third kappa shape index (κ3) is 1.60. The summed E-state index contributed by atoms with van der Waals surface area (Å²) in [6.45, 7) is 2.77. The summed E-state index contributed by atoms with van der Waals surface area (Å²) in [7, 11) is 0. The molecule has 2 aliphatic heterocycles. The monoisotopic (exact) mass is 244 g/mol. The summed E-state index contributed by atoms with van der Waals surface area (Å²) in [5.74, 6) is 1.59. The van der Waals surface area contributed by atoms with Crippen LogP contribution in [0.3, 0.4) is 0 Å². The van der Waals surface area contributed by atoms with Crippen LogP contribution < -0.4 is 10.1 Å². The molecular weight excluding hydrogens is 228 g/mol. The molecule has 4 rings (SSSR count). The van der Waals surface area contributed by atoms with Gasteiger partial charge in [-0.2, -0.15) is 0 Å². The third-order valence-electron chi connectivity index (χ3n) is 3.95. The minimum Gasteiger partial charge on any atom is -0.464 e. The molecule has 1 amide bonds. The highest BCUT2D eigenvalue weighted by Crippen LogP contribution is 2.36. The molecule has 0 bridgehead atoms. The van der Waals surface area contributed by atoms with E-state index >= 15 is 0 Å². The number of nitrogens with zero attached hydrogens (tertiary/aromatic N) is 1. The van der Waals surface area contributed by atoms with Crippen molar-refractivity contribution in [3.8, 4) is 5.75 Å². The van der Waals surface area contributed by atoms with Gasteiger partial charge in [-0.25, -0.2) is 0 Å². The SMILES string of the molecule is O=C1NC2(CN(CC3CC3)C2)Oc2ccccc21. The van der Waals surface area contributed by atoms with Crippen LogP contribution >= 0.6 is 0 Å². The second kappa shape index (κ2) is 3.48. The maximum atomic E-state index is 12.0. The molecule has 1 saturated heterocycles. The van der Waals surface area contributed by atoms with E-state index in [1.54, 1.807) is 6.07 Å². The van der Waals surface area contributed by atoms with Crippen molar-refractivity contribution >= 4 is 5.91 Å². The fourth-order valence-corrected chi connectivity index (χ4v) is 2.87. The molecule has 2 fully saturated rings. The summed E-state index contributed by atoms with van der Waals surface area (Å²) >= 11 is 0. The number of para-hydroxylation sites is 1. The van der Waals surface area contributed by atoms with Gasteiger partial charge < -0.3 is 10.1 Å². The number of carbonyl (C=O) groups excluding carboxylic acids is 1. The summed E-state index contributed by atoms with van der Waals surface area (Å²) < 4.78 is 5.98. The summed E-state index contributed by atoms with van der Waals surface area (Å²) in [5.41, 5.74) is 0.170. The van der Waals surface area contributed by atoms with Gasteiger partial charge in [0.25, 0.3) is 5.91 Å². The van der Waals surface area contributed by atoms with Crippen LogP contribution in [0.15, 0.2) is 24.3 Å². The zero-order valence-electron chi connectivity index (χ0n) is 10.2. The molecule has 1 aliphatic carbocycles. The van der Waals surface area contributed by atoms with Gasteiger partial charge in [-0.3, -0.25) is 9.69 Å². The van der Waals surface area contributed by atoms with Gasteiger partial charge in [0.2, 0.25) is 5.72 Å². The Kier molecular flexibility index (Phi) is 2.01. The molecule has 94 valence electrons. The predicted octanol–water partition coefficient (Wildman–Crippen LogP) is 1.23. The van der Waals surface area contributed by atoms with E-state index < -0.39 is 5.72 Å². The Bertz CT molecular complexity index is 504. The Labute approximate surface area is 106 Å². The van der Waals surface area contributed by atoms with Crippen LogP contribution in [0.1, 0.15) is 23.2 Å². The number of hydrogen-bond acceptors (Lipinski definition) is 3. The van der Waals surface area contributed by atoms with Crippen molar-refractivity contribution in [3.63, 3.8) is 0 Å². The van der Waals surface area contributed by atoms with Crippen LogP contribution in [0.5, 0.6) is 5.75 Å². The number of carbonyl (C=O) groups is 1. The van der Waals surface area contributed by atoms with Gasteiger partial charge >= 0.3 is 0 Å². The summed E-state index contributed by atoms with van der Waals surface area (Å²) in [4.78, 5) is 14.4. The normalized spacial score (nSPS) is 25.0. The van der Waals surface area contributed by atoms with E-state index in [1.165, 1.54) is 12.8 Å². The van der Waals surface area contributed by atoms with E-state index in [1.807, 2.05) is 18.2 Å². The first-order chi connectivity index (χ1) is 8.74. The first-order valence-corrected chi connectivity index (χ1v) is 6.57. The van der Waals surface area contributed by atoms with E-state index in [-0.39, 0.29) is 5.91 Å². The average Bonchev–Trinajstić information content (AvgIpc) is 3.11. The largest absolute Gasteiger partial charge is 0.464 e. The van der Waals surface area contributed by atoms with E-state index in [0.29, 0.717) is 11.3 Å². The summed E-state index contributed by atoms with van der Waals surface area (Å²) in [6.07, 6.45) is 2.72. The Morgan fingerprint density at radius 2 is 2.11 bits per heavy atom. The molecule has 1 saturated carbocycles. The van der Waals surface area contributed by atoms with Gasteiger partial charge in [-0.15, -0.1) is 0 Å². The van der Waals surface area contributed by atoms with Crippen LogP contribution in [0.25, 0.3) is 0 Å². The molecule has 1 aromatic rings. The summed E-state index contributed by atoms with van der Waals surface area (Å²) in [6, 6.07) is 7.45. The lowest BCUT2D eigenvalue weighted by atomic mass is 9.99. The molecule has 0 aromatic heterocycles. The molecule has 18 heavy (non-hydrogen) atoms. The number of hydrogen-bond donors (Lipinski definition) is 1. The molecule has 1 N–H and O–H groups in total. The second-order valence-corrected chi connectivity index (χ2v) is 5.66. The van der Waals surface area contributed by atoms with Crippen molar-refractivity contribution < 1.29 is 9.53 Å². The molecule has 1 aromatic carbocycles. The lowest BCUT2D eigenvalue weighted by Gasteiger charge is -2.51. The number of nitrogens with one attached hydrogen (secondary N) is 1. The van der Waals surface area contributed by atoms with E-state index in [0.717, 1.165) is 25.6 Å². The van der Waals surface area contributed by atoms with Crippen LogP contribution in [0.2, 0.25) is 0 Å². The lowest BCUT2D eigenvalue weighted by molar-refractivity contribution is -0.0999. The molecule has 0 radical (unpaired) electrons. The average molecular weight is 244 g/mol. The highest BCUT2D eigenvalue weighted by Gasteiger charge is 2.50. The molecule has 2 heterocycles. The van der Waals surface area contributed by atoms with Crippen LogP contribution in [0.4, 0.5) is 0 Å². The number of ether oxygens (including phenoxy) is 1. The molecule has 0 atom stereocenters. The van der Waals surface area contributed by atoms with Crippen molar-refractivity contribution in [3.05, 3.63) is 29.8 Å². The molecule has 3 aliphatic rings. The number of likely N-dealkylation sites (tertiary alicyclic amines) is 1. The molecule has 1 spiro atoms. The Morgan fingerprint density at radius 1 is 1.33 bits per heavy atom. The molecular formula is C14H16N2O2. The van der Waals surface area contributed by atoms with Crippen molar-refractivity contribution in [2.24, 2.45) is 5.92 Å². The van der Waals surface area contributed by atoms with Crippen LogP contribution in [0, 0.1) is 5.92 Å². The Balaban J connectivity index is 1.51. The van der Waals surface area contributed by atoms with Gasteiger partial charge in [0.05, 0.1) is 18.7 Å². The van der Waals surface area contributed by atoms with Crippen molar-refractivity contribution in [2.75, 3.05) is 19.6 Å². The van der Waals surface area contributed by atoms with Crippen molar-refractivity contribution in [1.29, 1.82) is 0 Å². The minimum absolute atomic E-state index is 0.0112. The first-order valence-electron chi connectivity index (χ1n) is 6.57. The number of fused-ring (bicyclic) bond motifs is 1. The second-order valence-electron chi connectivity index (χ2n) is 5.66. The van der Waals surface area contributed by atoms with Gasteiger partial charge in [0.1, 0.15) is 5.75 Å². The maximum absolute atomic E-state index is 12.0. The van der Waals surface area contributed by atoms with E-state index in [4.69, 9.17) is 4.74 Å². The third-order valence-corrected chi connectivity index (χ3v) is 3.95. The first kappa shape index (κ1) is 10.4. The van der Waals surface area contributed by atoms with Gasteiger partial charge in [0.15, 0.2) is 0 Å². The highest BCUT2D eigenvalue weighted by atomic mass is 16.5. The predicted molar refractivity (Wildman–Crippen MR) is 66.4 cm³/mol. The van der Waals surface area contributed by atoms with E-state index in [9.17, 15) is 4.79 Å². The highest BCUT2D eigenvalue weighted by molar-refractivity contribution is 5.98. The number of benzene rings is 1. The zero-order valence-corrected chi connectivity index (χ0v) is 10.2. The molecule has 4 heteroatoms. The number of amides is 1. The number of rotatable bonds is 2. The quantitative estimate of drug-likeness (QED) is 0.850. The standard InChI is InChI=1S/C14H16N2O2/c17-13-11-3-1-2-4-12(11)18-14(15-13)8-16(9-14)7-10-5-6-10/h1-4,10H,5-9H2,(H,15,17). The Hall–Kier alpha value is -1.55. The fraction of sp³-hybridized carbons (Fsp3) is 0.500. The van der Waals surface area contributed by atoms with Crippen molar-refractivity contribution in [1.82, 2.24) is 10.2 Å². The van der Waals surface area contributed by atoms with Gasteiger partial charge in [0, 0.05) is 6.54 Å². The van der Waals surface area contributed by atoms with Crippen molar-refractivity contribution in [2.45, 2.75) is 18.6 Å².